The van der Waals surface area contributed by atoms with Crippen LogP contribution in [0.1, 0.15) is 248 Å². The Morgan fingerprint density at radius 3 is 1.14 bits per heavy atom. The number of ketones is 1. The van der Waals surface area contributed by atoms with E-state index in [0.29, 0.717) is 78.2 Å². The van der Waals surface area contributed by atoms with E-state index in [4.69, 9.17) is 37.9 Å². The van der Waals surface area contributed by atoms with Crippen LogP contribution in [0.2, 0.25) is 0 Å². The zero-order chi connectivity index (χ0) is 69.5. The van der Waals surface area contributed by atoms with E-state index >= 15 is 0 Å². The fourth-order valence-corrected chi connectivity index (χ4v) is 7.87. The van der Waals surface area contributed by atoms with E-state index in [1.165, 1.54) is 56.0 Å². The lowest BCUT2D eigenvalue weighted by atomic mass is 10.1. The lowest BCUT2D eigenvalue weighted by Crippen LogP contribution is -2.42. The van der Waals surface area contributed by atoms with Gasteiger partial charge in [0.2, 0.25) is 11.8 Å². The summed E-state index contributed by atoms with van der Waals surface area (Å²) in [6, 6.07) is 0. The van der Waals surface area contributed by atoms with E-state index in [9.17, 15) is 14.4 Å². The lowest BCUT2D eigenvalue weighted by Gasteiger charge is -2.20. The van der Waals surface area contributed by atoms with E-state index < -0.39 is 0 Å². The highest BCUT2D eigenvalue weighted by Gasteiger charge is 2.17. The van der Waals surface area contributed by atoms with Gasteiger partial charge >= 0.3 is 0 Å². The third kappa shape index (κ3) is 75.4. The van der Waals surface area contributed by atoms with Crippen LogP contribution in [0.5, 0.6) is 0 Å². The monoisotopic (exact) mass is 1300 g/mol. The Kier molecular flexibility index (Phi) is 58.4. The number of unbranched alkanes of at least 4 members (excludes halogenated alkanes) is 1. The lowest BCUT2D eigenvalue weighted by molar-refractivity contribution is -0.124. The Morgan fingerprint density at radius 2 is 0.758 bits per heavy atom. The first kappa shape index (κ1) is 91.7. The zero-order valence-electron chi connectivity index (χ0n) is 62.8. The van der Waals surface area contributed by atoms with Gasteiger partial charge in [0, 0.05) is 81.2 Å². The van der Waals surface area contributed by atoms with Crippen LogP contribution in [-0.4, -0.2) is 169 Å². The van der Waals surface area contributed by atoms with Crippen molar-refractivity contribution in [2.75, 3.05) is 99.0 Å². The zero-order valence-corrected chi connectivity index (χ0v) is 62.8. The minimum atomic E-state index is -0.251. The molecule has 0 spiro atoms. The molecule has 3 N–H and O–H groups in total. The average Bonchev–Trinajstić information content (AvgIpc) is 2.23. The number of nitrogens with one attached hydrogen (secondary N) is 3. The van der Waals surface area contributed by atoms with Crippen LogP contribution in [0.25, 0.3) is 0 Å². The average molecular weight is 1300 g/mol. The number of amides is 2. The van der Waals surface area contributed by atoms with Crippen LogP contribution >= 0.6 is 0 Å². The minimum absolute atomic E-state index is 0.0539. The van der Waals surface area contributed by atoms with Crippen molar-refractivity contribution < 1.29 is 52.3 Å². The summed E-state index contributed by atoms with van der Waals surface area (Å²) in [6.45, 7) is 59.9. The van der Waals surface area contributed by atoms with Gasteiger partial charge in [-0.15, -0.1) is 10.2 Å². The van der Waals surface area contributed by atoms with Gasteiger partial charge in [-0.05, 0) is 164 Å². The summed E-state index contributed by atoms with van der Waals surface area (Å²) < 4.78 is 46.6. The molecule has 20 heteroatoms. The fourth-order valence-electron chi connectivity index (χ4n) is 7.87. The van der Waals surface area contributed by atoms with E-state index in [2.05, 4.69) is 127 Å². The van der Waals surface area contributed by atoms with E-state index in [1.807, 2.05) is 75.4 Å². The van der Waals surface area contributed by atoms with Crippen LogP contribution < -0.4 is 16.0 Å². The maximum absolute atomic E-state index is 11.8. The van der Waals surface area contributed by atoms with Gasteiger partial charge in [-0.1, -0.05) is 106 Å². The van der Waals surface area contributed by atoms with Crippen LogP contribution in [0.15, 0.2) is 12.4 Å². The summed E-state index contributed by atoms with van der Waals surface area (Å²) in [6.07, 6.45) is 18.6. The SMILES string of the molecule is CC(C)(C)NCCc1cn(CC(=O)NC(C)(C)C)nn1.CC(C)CCCCOCCCC(C)C.CC(C)CCCOCCOCCC(=O)C(C)C.CC(C)CCCOCCOCCOC(C)C.CC(C)CCCOCCOCc1cn(CC(=O)NC(C)(C)C)nn1. The van der Waals surface area contributed by atoms with Crippen molar-refractivity contribution in [3.8, 4) is 0 Å². The normalized spacial score (nSPS) is 11.8. The molecular weight excluding hydrogens is 1150 g/mol. The number of aromatic nitrogens is 6. The van der Waals surface area contributed by atoms with Gasteiger partial charge in [-0.2, -0.15) is 0 Å². The van der Waals surface area contributed by atoms with E-state index in [1.54, 1.807) is 10.9 Å². The summed E-state index contributed by atoms with van der Waals surface area (Å²) in [5.74, 6) is 4.14. The van der Waals surface area contributed by atoms with E-state index in [0.717, 1.165) is 101 Å². The Labute approximate surface area is 557 Å². The molecular formula is C71H143N9O11. The van der Waals surface area contributed by atoms with Crippen molar-refractivity contribution in [3.63, 3.8) is 0 Å². The van der Waals surface area contributed by atoms with Crippen molar-refractivity contribution in [2.24, 2.45) is 35.5 Å². The number of carbonyl (C=O) groups excluding carboxylic acids is 3. The molecule has 0 aliphatic heterocycles. The van der Waals surface area contributed by atoms with Crippen molar-refractivity contribution in [1.82, 2.24) is 45.9 Å². The molecule has 2 aromatic heterocycles. The highest BCUT2D eigenvalue weighted by Crippen LogP contribution is 2.10. The van der Waals surface area contributed by atoms with Crippen LogP contribution in [0.4, 0.5) is 0 Å². The van der Waals surface area contributed by atoms with Gasteiger partial charge in [0.15, 0.2) is 0 Å². The summed E-state index contributed by atoms with van der Waals surface area (Å²) in [7, 11) is 0. The third-order valence-corrected chi connectivity index (χ3v) is 12.6. The Morgan fingerprint density at radius 1 is 0.418 bits per heavy atom. The van der Waals surface area contributed by atoms with Gasteiger partial charge in [0.1, 0.15) is 24.6 Å². The molecule has 0 saturated carbocycles. The molecule has 0 unspecified atom stereocenters. The van der Waals surface area contributed by atoms with Gasteiger partial charge in [0.05, 0.1) is 84.1 Å². The fraction of sp³-hybridized carbons (Fsp3) is 0.901. The Bertz CT molecular complexity index is 1930. The molecule has 0 bridgehead atoms. The van der Waals surface area contributed by atoms with Crippen LogP contribution in [-0.2, 0) is 78.4 Å². The first-order chi connectivity index (χ1) is 42.6. The van der Waals surface area contributed by atoms with Crippen molar-refractivity contribution >= 4 is 17.6 Å². The molecule has 2 heterocycles. The van der Waals surface area contributed by atoms with Crippen LogP contribution in [0, 0.1) is 35.5 Å². The van der Waals surface area contributed by atoms with Gasteiger partial charge in [-0.25, -0.2) is 9.36 Å². The molecule has 20 nitrogen and oxygen atoms in total. The summed E-state index contributed by atoms with van der Waals surface area (Å²) >= 11 is 0. The maximum Gasteiger partial charge on any atom is 0.242 e. The maximum atomic E-state index is 11.8. The third-order valence-electron chi connectivity index (χ3n) is 12.6. The molecule has 91 heavy (non-hydrogen) atoms. The van der Waals surface area contributed by atoms with Crippen molar-refractivity contribution in [3.05, 3.63) is 23.8 Å². The molecule has 538 valence electrons. The summed E-state index contributed by atoms with van der Waals surface area (Å²) in [4.78, 5) is 34.9. The second kappa shape index (κ2) is 57.9. The molecule has 0 aliphatic carbocycles. The standard InChI is InChI=1S/C17H32N4O3.C14H27N5O.C14H28O3.C13H28O3.C13H28O/c1-14(2)7-6-8-23-9-10-24-13-15-11-21(20-19-15)12-16(22)18-17(3,4)5;1-13(2,3)15-8-7-11-9-19(18-17-11)10-12(20)16-14(4,5)6;1-12(2)6-5-8-16-10-11-17-9-7-14(15)13(3)4;1-12(2)6-5-7-14-8-9-15-10-11-16-13(3)4;1-12(2)8-5-6-10-14-11-7-9-13(3)4/h11,14H,6-10,12-13H2,1-5H3,(H,18,22);9,15H,7-8,10H2,1-6H3,(H,16,20);12-13H,5-11H2,1-4H3;12-13H,5-11H2,1-4H3;12-13H,5-11H2,1-4H3. The number of hydrogen-bond acceptors (Lipinski definition) is 16. The Hall–Kier alpha value is -3.47. The number of nitrogens with zero attached hydrogens (tertiary/aromatic N) is 6. The first-order valence-corrected chi connectivity index (χ1v) is 34.9. The number of carbonyl (C=O) groups is 3. The van der Waals surface area contributed by atoms with Gasteiger partial charge in [-0.3, -0.25) is 14.4 Å². The number of rotatable bonds is 47. The molecule has 0 atom stereocenters. The summed E-state index contributed by atoms with van der Waals surface area (Å²) in [5.41, 5.74) is 1.22. The first-order valence-electron chi connectivity index (χ1n) is 34.9. The van der Waals surface area contributed by atoms with Crippen LogP contribution in [0.3, 0.4) is 0 Å². The molecule has 0 aliphatic rings. The molecule has 2 aromatic rings. The summed E-state index contributed by atoms with van der Waals surface area (Å²) in [5, 5.41) is 25.2. The predicted molar refractivity (Wildman–Crippen MR) is 372 cm³/mol. The number of Topliss-reactive ketones (excluding diaryl/α,β-unsaturated/α-hetero) is 1. The smallest absolute Gasteiger partial charge is 0.242 e. The predicted octanol–water partition coefficient (Wildman–Crippen LogP) is 13.5. The van der Waals surface area contributed by atoms with Gasteiger partial charge in [0.25, 0.3) is 0 Å². The quantitative estimate of drug-likeness (QED) is 0.0524. The molecule has 2 rings (SSSR count). The number of ether oxygens (including phenoxy) is 8. The highest BCUT2D eigenvalue weighted by molar-refractivity contribution is 5.80. The second-order valence-electron chi connectivity index (χ2n) is 29.4. The molecule has 0 radical (unpaired) electrons. The largest absolute Gasteiger partial charge is 0.381 e. The molecule has 0 saturated heterocycles. The molecule has 0 aromatic carbocycles. The van der Waals surface area contributed by atoms with E-state index in [-0.39, 0.29) is 59.3 Å². The number of hydrogen-bond donors (Lipinski definition) is 3. The van der Waals surface area contributed by atoms with Gasteiger partial charge < -0.3 is 53.8 Å². The molecule has 0 fully saturated rings. The van der Waals surface area contributed by atoms with Crippen molar-refractivity contribution in [1.29, 1.82) is 0 Å². The second-order valence-corrected chi connectivity index (χ2v) is 29.4. The highest BCUT2D eigenvalue weighted by atomic mass is 16.5. The topological polar surface area (TPSA) is 223 Å². The van der Waals surface area contributed by atoms with Crippen molar-refractivity contribution in [2.45, 2.75) is 285 Å². The Balaban J connectivity index is -0.00000108. The molecule has 2 amide bonds. The minimum Gasteiger partial charge on any atom is -0.381 e.